The first kappa shape index (κ1) is 16.1. The Hall–Kier alpha value is -2.23. The Morgan fingerprint density at radius 2 is 2.05 bits per heavy atom. The monoisotopic (exact) mass is 331 g/mol. The Bertz CT molecular complexity index is 686. The van der Waals surface area contributed by atoms with Gasteiger partial charge in [-0.25, -0.2) is 0 Å². The quantitative estimate of drug-likeness (QED) is 0.839. The van der Waals surface area contributed by atoms with Crippen LogP contribution < -0.4 is 11.1 Å². The van der Waals surface area contributed by atoms with E-state index in [-0.39, 0.29) is 17.4 Å². The maximum Gasteiger partial charge on any atom is 0.418 e. The summed E-state index contributed by atoms with van der Waals surface area (Å²) in [4.78, 5) is 11.8. The van der Waals surface area contributed by atoms with E-state index in [0.29, 0.717) is 5.16 Å². The van der Waals surface area contributed by atoms with Gasteiger partial charge in [0.2, 0.25) is 11.9 Å². The number of nitrogens with two attached hydrogens (primary N) is 1. The second kappa shape index (κ2) is 6.26. The number of hydrogen-bond donors (Lipinski definition) is 2. The van der Waals surface area contributed by atoms with Gasteiger partial charge in [0.05, 0.1) is 17.0 Å². The second-order valence-corrected chi connectivity index (χ2v) is 5.22. The number of para-hydroxylation sites is 1. The molecule has 0 aliphatic heterocycles. The van der Waals surface area contributed by atoms with Crippen LogP contribution >= 0.6 is 11.8 Å². The smallest absolute Gasteiger partial charge is 0.368 e. The zero-order valence-electron chi connectivity index (χ0n) is 11.4. The average Bonchev–Trinajstić information content (AvgIpc) is 2.76. The first-order valence-electron chi connectivity index (χ1n) is 6.03. The Morgan fingerprint density at radius 1 is 1.36 bits per heavy atom. The SMILES string of the molecule is Cn1c(N)nnc1SCC(=O)Nc1ccccc1C(F)(F)F. The Kier molecular flexibility index (Phi) is 4.59. The van der Waals surface area contributed by atoms with Crippen molar-refractivity contribution in [2.75, 3.05) is 16.8 Å². The van der Waals surface area contributed by atoms with E-state index >= 15 is 0 Å². The highest BCUT2D eigenvalue weighted by Gasteiger charge is 2.33. The predicted molar refractivity (Wildman–Crippen MR) is 76.2 cm³/mol. The molecule has 10 heteroatoms. The highest BCUT2D eigenvalue weighted by molar-refractivity contribution is 7.99. The largest absolute Gasteiger partial charge is 0.418 e. The number of halogens is 3. The van der Waals surface area contributed by atoms with Crippen LogP contribution in [0.1, 0.15) is 5.56 Å². The van der Waals surface area contributed by atoms with Gasteiger partial charge in [-0.2, -0.15) is 13.2 Å². The zero-order chi connectivity index (χ0) is 16.3. The molecule has 0 saturated heterocycles. The summed E-state index contributed by atoms with van der Waals surface area (Å²) in [6.45, 7) is 0. The summed E-state index contributed by atoms with van der Waals surface area (Å²) < 4.78 is 39.9. The third kappa shape index (κ3) is 3.70. The third-order valence-corrected chi connectivity index (χ3v) is 3.73. The number of nitrogens with zero attached hydrogens (tertiary/aromatic N) is 3. The number of nitrogens with one attached hydrogen (secondary N) is 1. The van der Waals surface area contributed by atoms with Crippen LogP contribution in [0.15, 0.2) is 29.4 Å². The number of hydrogen-bond acceptors (Lipinski definition) is 5. The van der Waals surface area contributed by atoms with Gasteiger partial charge in [-0.3, -0.25) is 9.36 Å². The van der Waals surface area contributed by atoms with Gasteiger partial charge >= 0.3 is 6.18 Å². The number of anilines is 2. The fourth-order valence-electron chi connectivity index (χ4n) is 1.61. The van der Waals surface area contributed by atoms with Crippen LogP contribution in [0.3, 0.4) is 0 Å². The van der Waals surface area contributed by atoms with Gasteiger partial charge < -0.3 is 11.1 Å². The number of thioether (sulfide) groups is 1. The molecular weight excluding hydrogens is 319 g/mol. The number of amides is 1. The van der Waals surface area contributed by atoms with E-state index in [9.17, 15) is 18.0 Å². The van der Waals surface area contributed by atoms with Gasteiger partial charge in [0.1, 0.15) is 0 Å². The van der Waals surface area contributed by atoms with Gasteiger partial charge in [-0.15, -0.1) is 10.2 Å². The number of carbonyl (C=O) groups excluding carboxylic acids is 1. The van der Waals surface area contributed by atoms with Crippen molar-refractivity contribution in [3.05, 3.63) is 29.8 Å². The number of rotatable bonds is 4. The number of carbonyl (C=O) groups is 1. The lowest BCUT2D eigenvalue weighted by Gasteiger charge is -2.13. The van der Waals surface area contributed by atoms with Crippen LogP contribution in [0.5, 0.6) is 0 Å². The van der Waals surface area contributed by atoms with Gasteiger partial charge in [0.15, 0.2) is 5.16 Å². The first-order valence-corrected chi connectivity index (χ1v) is 7.01. The molecule has 0 unspecified atom stereocenters. The maximum absolute atomic E-state index is 12.8. The average molecular weight is 331 g/mol. The lowest BCUT2D eigenvalue weighted by molar-refractivity contribution is -0.137. The van der Waals surface area contributed by atoms with Crippen molar-refractivity contribution in [2.45, 2.75) is 11.3 Å². The molecule has 3 N–H and O–H groups in total. The van der Waals surface area contributed by atoms with Gasteiger partial charge in [0, 0.05) is 7.05 Å². The Labute approximate surface area is 127 Å². The van der Waals surface area contributed by atoms with Crippen molar-refractivity contribution >= 4 is 29.3 Å². The van der Waals surface area contributed by atoms with Gasteiger partial charge in [-0.1, -0.05) is 23.9 Å². The van der Waals surface area contributed by atoms with E-state index in [0.717, 1.165) is 17.8 Å². The normalized spacial score (nSPS) is 11.5. The summed E-state index contributed by atoms with van der Waals surface area (Å²) in [6.07, 6.45) is -4.53. The minimum atomic E-state index is -4.53. The van der Waals surface area contributed by atoms with Crippen molar-refractivity contribution in [1.29, 1.82) is 0 Å². The van der Waals surface area contributed by atoms with Crippen LogP contribution in [0.2, 0.25) is 0 Å². The summed E-state index contributed by atoms with van der Waals surface area (Å²) in [5, 5.41) is 10.0. The van der Waals surface area contributed by atoms with Crippen molar-refractivity contribution in [3.8, 4) is 0 Å². The summed E-state index contributed by atoms with van der Waals surface area (Å²) in [7, 11) is 1.62. The molecule has 1 amide bonds. The van der Waals surface area contributed by atoms with E-state index in [1.807, 2.05) is 0 Å². The molecular formula is C12H12F3N5OS. The van der Waals surface area contributed by atoms with Gasteiger partial charge in [-0.05, 0) is 12.1 Å². The number of benzene rings is 1. The lowest BCUT2D eigenvalue weighted by atomic mass is 10.1. The maximum atomic E-state index is 12.8. The highest BCUT2D eigenvalue weighted by Crippen LogP contribution is 2.34. The topological polar surface area (TPSA) is 85.8 Å². The highest BCUT2D eigenvalue weighted by atomic mass is 32.2. The van der Waals surface area contributed by atoms with Gasteiger partial charge in [0.25, 0.3) is 0 Å². The van der Waals surface area contributed by atoms with Crippen molar-refractivity contribution < 1.29 is 18.0 Å². The summed E-state index contributed by atoms with van der Waals surface area (Å²) in [5.41, 5.74) is 4.32. The van der Waals surface area contributed by atoms with Crippen LogP contribution in [-0.4, -0.2) is 26.4 Å². The molecule has 1 aromatic carbocycles. The summed E-state index contributed by atoms with van der Waals surface area (Å²) >= 11 is 1.02. The minimum Gasteiger partial charge on any atom is -0.368 e. The zero-order valence-corrected chi connectivity index (χ0v) is 12.2. The summed E-state index contributed by atoms with van der Waals surface area (Å²) in [6, 6.07) is 4.79. The molecule has 0 aliphatic rings. The molecule has 0 atom stereocenters. The molecule has 0 spiro atoms. The number of nitrogen functional groups attached to an aromatic ring is 1. The molecule has 2 rings (SSSR count). The minimum absolute atomic E-state index is 0.113. The Balaban J connectivity index is 2.03. The van der Waals surface area contributed by atoms with E-state index in [2.05, 4.69) is 15.5 Å². The van der Waals surface area contributed by atoms with Crippen LogP contribution in [-0.2, 0) is 18.0 Å². The summed E-state index contributed by atoms with van der Waals surface area (Å²) in [5.74, 6) is -0.508. The van der Waals surface area contributed by atoms with E-state index in [4.69, 9.17) is 5.73 Å². The Morgan fingerprint density at radius 3 is 2.64 bits per heavy atom. The molecule has 0 fully saturated rings. The van der Waals surface area contributed by atoms with E-state index in [1.165, 1.54) is 22.8 Å². The molecule has 22 heavy (non-hydrogen) atoms. The standard InChI is InChI=1S/C12H12F3N5OS/c1-20-10(16)18-19-11(20)22-6-9(21)17-8-5-3-2-4-7(8)12(13,14)15/h2-5H,6H2,1H3,(H2,16,18)(H,17,21). The predicted octanol–water partition coefficient (Wildman–Crippen LogP) is 2.15. The molecule has 2 aromatic rings. The number of alkyl halides is 3. The molecule has 1 heterocycles. The van der Waals surface area contributed by atoms with Crippen LogP contribution in [0.4, 0.5) is 24.8 Å². The molecule has 0 aliphatic carbocycles. The molecule has 1 aromatic heterocycles. The fourth-order valence-corrected chi connectivity index (χ4v) is 2.33. The van der Waals surface area contributed by atoms with E-state index < -0.39 is 17.6 Å². The van der Waals surface area contributed by atoms with Crippen molar-refractivity contribution in [3.63, 3.8) is 0 Å². The van der Waals surface area contributed by atoms with Crippen molar-refractivity contribution in [1.82, 2.24) is 14.8 Å². The first-order chi connectivity index (χ1) is 10.3. The van der Waals surface area contributed by atoms with Crippen LogP contribution in [0.25, 0.3) is 0 Å². The van der Waals surface area contributed by atoms with Crippen LogP contribution in [0, 0.1) is 0 Å². The second-order valence-electron chi connectivity index (χ2n) is 4.28. The molecule has 0 radical (unpaired) electrons. The molecule has 6 nitrogen and oxygen atoms in total. The third-order valence-electron chi connectivity index (χ3n) is 2.71. The number of aromatic nitrogens is 3. The molecule has 118 valence electrons. The molecule has 0 saturated carbocycles. The van der Waals surface area contributed by atoms with E-state index in [1.54, 1.807) is 7.05 Å². The fraction of sp³-hybridized carbons (Fsp3) is 0.250. The molecule has 0 bridgehead atoms. The lowest BCUT2D eigenvalue weighted by Crippen LogP contribution is -2.18. The van der Waals surface area contributed by atoms with Crippen molar-refractivity contribution in [2.24, 2.45) is 7.05 Å².